The predicted molar refractivity (Wildman–Crippen MR) is 84.4 cm³/mol. The maximum Gasteiger partial charge on any atom is 0.132 e. The van der Waals surface area contributed by atoms with E-state index in [4.69, 9.17) is 4.99 Å². The first kappa shape index (κ1) is 11.7. The van der Waals surface area contributed by atoms with Gasteiger partial charge < -0.3 is 4.90 Å². The summed E-state index contributed by atoms with van der Waals surface area (Å²) in [5.41, 5.74) is 4.11. The third-order valence-electron chi connectivity index (χ3n) is 4.44. The Morgan fingerprint density at radius 2 is 2.10 bits per heavy atom. The van der Waals surface area contributed by atoms with Gasteiger partial charge in [0.1, 0.15) is 6.17 Å². The second-order valence-corrected chi connectivity index (χ2v) is 5.70. The van der Waals surface area contributed by atoms with Gasteiger partial charge in [-0.15, -0.1) is 0 Å². The van der Waals surface area contributed by atoms with E-state index in [0.29, 0.717) is 12.0 Å². The van der Waals surface area contributed by atoms with Crippen molar-refractivity contribution in [3.63, 3.8) is 0 Å². The van der Waals surface area contributed by atoms with Crippen molar-refractivity contribution in [3.8, 4) is 0 Å². The van der Waals surface area contributed by atoms with Crippen LogP contribution in [0.25, 0.3) is 0 Å². The van der Waals surface area contributed by atoms with E-state index in [1.165, 1.54) is 16.8 Å². The van der Waals surface area contributed by atoms with Crippen molar-refractivity contribution >= 4 is 11.9 Å². The van der Waals surface area contributed by atoms with Gasteiger partial charge in [-0.25, -0.2) is 0 Å². The molecule has 0 saturated heterocycles. The van der Waals surface area contributed by atoms with Gasteiger partial charge in [0.15, 0.2) is 0 Å². The van der Waals surface area contributed by atoms with Crippen molar-refractivity contribution in [2.24, 2.45) is 4.99 Å². The van der Waals surface area contributed by atoms with Crippen LogP contribution in [0.5, 0.6) is 0 Å². The first-order valence-electron chi connectivity index (χ1n) is 7.27. The highest BCUT2D eigenvalue weighted by Gasteiger charge is 2.40. The van der Waals surface area contributed by atoms with E-state index in [-0.39, 0.29) is 6.17 Å². The van der Waals surface area contributed by atoms with Crippen molar-refractivity contribution < 1.29 is 0 Å². The van der Waals surface area contributed by atoms with Gasteiger partial charge in [0.25, 0.3) is 0 Å². The molecule has 2 aliphatic heterocycles. The normalized spacial score (nSPS) is 30.1. The molecule has 2 heteroatoms. The monoisotopic (exact) mass is 262 g/mol. The highest BCUT2D eigenvalue weighted by atomic mass is 15.3. The van der Waals surface area contributed by atoms with Crippen LogP contribution in [0.15, 0.2) is 65.2 Å². The smallest absolute Gasteiger partial charge is 0.132 e. The van der Waals surface area contributed by atoms with Crippen LogP contribution >= 0.6 is 0 Å². The minimum absolute atomic E-state index is 0.221. The second kappa shape index (κ2) is 4.48. The zero-order valence-electron chi connectivity index (χ0n) is 11.6. The molecule has 2 heterocycles. The Hall–Kier alpha value is -2.09. The summed E-state index contributed by atoms with van der Waals surface area (Å²) in [4.78, 5) is 7.23. The number of fused-ring (bicyclic) bond motifs is 3. The summed E-state index contributed by atoms with van der Waals surface area (Å²) in [5.74, 6) is 0.400. The summed E-state index contributed by atoms with van der Waals surface area (Å²) in [5, 5.41) is 0. The summed E-state index contributed by atoms with van der Waals surface area (Å²) < 4.78 is 0. The Bertz CT molecular complexity index is 651. The fourth-order valence-electron chi connectivity index (χ4n) is 3.45. The summed E-state index contributed by atoms with van der Waals surface area (Å²) >= 11 is 0. The first-order valence-corrected chi connectivity index (χ1v) is 7.27. The molecule has 0 saturated carbocycles. The van der Waals surface area contributed by atoms with Crippen molar-refractivity contribution in [3.05, 3.63) is 65.8 Å². The van der Waals surface area contributed by atoms with Crippen LogP contribution < -0.4 is 4.90 Å². The largest absolute Gasteiger partial charge is 0.342 e. The molecule has 4 rings (SSSR count). The number of benzene rings is 1. The van der Waals surface area contributed by atoms with Crippen LogP contribution in [0.2, 0.25) is 0 Å². The van der Waals surface area contributed by atoms with Gasteiger partial charge in [0.05, 0.1) is 6.04 Å². The number of aliphatic imine (C=N–C) groups is 1. The number of nitrogens with zero attached hydrogens (tertiary/aromatic N) is 2. The van der Waals surface area contributed by atoms with Crippen LogP contribution in [-0.4, -0.2) is 18.4 Å². The predicted octanol–water partition coefficient (Wildman–Crippen LogP) is 3.83. The van der Waals surface area contributed by atoms with Crippen LogP contribution in [0.1, 0.15) is 24.8 Å². The minimum atomic E-state index is 0.221. The van der Waals surface area contributed by atoms with E-state index < -0.39 is 0 Å². The summed E-state index contributed by atoms with van der Waals surface area (Å²) in [6.45, 7) is 2.16. The Morgan fingerprint density at radius 1 is 1.20 bits per heavy atom. The summed E-state index contributed by atoms with van der Waals surface area (Å²) in [6.07, 6.45) is 14.5. The SMILES string of the molecule is CC1=CCC(N2c3ccccc3C3C=CC=NC32)C=C1. The molecule has 20 heavy (non-hydrogen) atoms. The van der Waals surface area contributed by atoms with Crippen molar-refractivity contribution in [2.75, 3.05) is 4.90 Å². The molecule has 0 aromatic heterocycles. The third-order valence-corrected chi connectivity index (χ3v) is 4.44. The lowest BCUT2D eigenvalue weighted by Crippen LogP contribution is -2.41. The molecule has 2 nitrogen and oxygen atoms in total. The quantitative estimate of drug-likeness (QED) is 0.751. The molecule has 0 amide bonds. The topological polar surface area (TPSA) is 15.6 Å². The molecule has 0 radical (unpaired) electrons. The fourth-order valence-corrected chi connectivity index (χ4v) is 3.45. The van der Waals surface area contributed by atoms with Crippen LogP contribution in [0.3, 0.4) is 0 Å². The maximum atomic E-state index is 4.74. The lowest BCUT2D eigenvalue weighted by Gasteiger charge is -2.34. The number of hydrogen-bond acceptors (Lipinski definition) is 2. The van der Waals surface area contributed by atoms with E-state index in [2.05, 4.69) is 66.5 Å². The third kappa shape index (κ3) is 1.68. The van der Waals surface area contributed by atoms with Gasteiger partial charge in [0.2, 0.25) is 0 Å². The Balaban J connectivity index is 1.77. The van der Waals surface area contributed by atoms with Crippen LogP contribution in [0.4, 0.5) is 5.69 Å². The highest BCUT2D eigenvalue weighted by molar-refractivity contribution is 5.76. The van der Waals surface area contributed by atoms with E-state index in [0.717, 1.165) is 6.42 Å². The van der Waals surface area contributed by atoms with Crippen LogP contribution in [0, 0.1) is 0 Å². The fraction of sp³-hybridized carbons (Fsp3) is 0.278. The number of rotatable bonds is 1. The second-order valence-electron chi connectivity index (χ2n) is 5.70. The van der Waals surface area contributed by atoms with E-state index in [1.807, 2.05) is 6.21 Å². The summed E-state index contributed by atoms with van der Waals surface area (Å²) in [7, 11) is 0. The van der Waals surface area contributed by atoms with Crippen LogP contribution in [-0.2, 0) is 0 Å². The molecule has 3 aliphatic rings. The standard InChI is InChI=1S/C18H18N2/c1-13-8-10-14(11-9-13)20-17-7-3-2-5-15(17)16-6-4-12-19-18(16)20/h2-10,12,14,16,18H,11H2,1H3. The average molecular weight is 262 g/mol. The summed E-state index contributed by atoms with van der Waals surface area (Å²) in [6, 6.07) is 9.15. The van der Waals surface area contributed by atoms with Gasteiger partial charge in [-0.2, -0.15) is 0 Å². The zero-order chi connectivity index (χ0) is 13.5. The number of anilines is 1. The van der Waals surface area contributed by atoms with Gasteiger partial charge in [-0.05, 0) is 31.1 Å². The molecular weight excluding hydrogens is 244 g/mol. The van der Waals surface area contributed by atoms with E-state index >= 15 is 0 Å². The lowest BCUT2D eigenvalue weighted by molar-refractivity contribution is 0.558. The van der Waals surface area contributed by atoms with Gasteiger partial charge in [0, 0.05) is 17.8 Å². The molecule has 0 N–H and O–H groups in total. The lowest BCUT2D eigenvalue weighted by atomic mass is 9.97. The minimum Gasteiger partial charge on any atom is -0.342 e. The zero-order valence-corrected chi connectivity index (χ0v) is 11.6. The molecule has 3 atom stereocenters. The van der Waals surface area contributed by atoms with Gasteiger partial charge >= 0.3 is 0 Å². The molecule has 1 aromatic rings. The number of para-hydroxylation sites is 1. The molecule has 3 unspecified atom stereocenters. The highest BCUT2D eigenvalue weighted by Crippen LogP contribution is 2.45. The van der Waals surface area contributed by atoms with Crippen molar-refractivity contribution in [1.29, 1.82) is 0 Å². The molecule has 1 aliphatic carbocycles. The number of allylic oxidation sites excluding steroid dienone is 3. The van der Waals surface area contributed by atoms with E-state index in [9.17, 15) is 0 Å². The average Bonchev–Trinajstić information content (AvgIpc) is 2.83. The molecule has 0 spiro atoms. The Morgan fingerprint density at radius 3 is 2.95 bits per heavy atom. The molecule has 0 bridgehead atoms. The Kier molecular flexibility index (Phi) is 2.62. The molecular formula is C18H18N2. The molecule has 1 aromatic carbocycles. The van der Waals surface area contributed by atoms with Crippen molar-refractivity contribution in [2.45, 2.75) is 31.5 Å². The van der Waals surface area contributed by atoms with Gasteiger partial charge in [-0.1, -0.05) is 48.1 Å². The maximum absolute atomic E-state index is 4.74. The molecule has 0 fully saturated rings. The number of dihydropyridines is 1. The van der Waals surface area contributed by atoms with Gasteiger partial charge in [-0.3, -0.25) is 4.99 Å². The van der Waals surface area contributed by atoms with Crippen molar-refractivity contribution in [1.82, 2.24) is 0 Å². The van der Waals surface area contributed by atoms with E-state index in [1.54, 1.807) is 0 Å². The Labute approximate surface area is 119 Å². The molecule has 100 valence electrons. The first-order chi connectivity index (χ1) is 9.84. The number of hydrogen-bond donors (Lipinski definition) is 0.